The monoisotopic (exact) mass is 410 g/mol. The summed E-state index contributed by atoms with van der Waals surface area (Å²) in [5, 5.41) is 1.33. The van der Waals surface area contributed by atoms with E-state index in [0.29, 0.717) is 44.2 Å². The fraction of sp³-hybridized carbons (Fsp3) is 0.278. The first-order valence-corrected chi connectivity index (χ1v) is 9.65. The molecule has 8 heteroatoms. The maximum Gasteiger partial charge on any atom is 0.338 e. The molecule has 26 heavy (non-hydrogen) atoms. The standard InChI is InChI=1S/C18H16Cl2N2O3S/c1-3-7-25-17(24)15-10(2)21-18-22(14(23)6-8-26-18)16(15)11-4-5-12(19)13(20)9-11/h3-5,9,16H,1,6-8H2,2H3/t16-/m0/s1. The number of carbonyl (C=O) groups excluding carboxylic acids is 2. The van der Waals surface area contributed by atoms with Crippen molar-refractivity contribution in [3.05, 3.63) is 57.7 Å². The molecular formula is C18H16Cl2N2O3S. The van der Waals surface area contributed by atoms with Gasteiger partial charge in [-0.25, -0.2) is 9.79 Å². The number of ether oxygens (including phenoxy) is 1. The third kappa shape index (κ3) is 3.54. The van der Waals surface area contributed by atoms with Crippen molar-refractivity contribution >= 4 is 52.0 Å². The number of allylic oxidation sites excluding steroid dienone is 1. The Balaban J connectivity index is 2.14. The Kier molecular flexibility index (Phi) is 5.75. The van der Waals surface area contributed by atoms with E-state index in [2.05, 4.69) is 11.6 Å². The maximum atomic E-state index is 12.7. The molecule has 0 radical (unpaired) electrons. The van der Waals surface area contributed by atoms with E-state index >= 15 is 0 Å². The third-order valence-electron chi connectivity index (χ3n) is 4.02. The highest BCUT2D eigenvalue weighted by Crippen LogP contribution is 2.41. The lowest BCUT2D eigenvalue weighted by atomic mass is 9.94. The van der Waals surface area contributed by atoms with Crippen LogP contribution < -0.4 is 0 Å². The van der Waals surface area contributed by atoms with E-state index in [9.17, 15) is 9.59 Å². The second kappa shape index (κ2) is 7.86. The van der Waals surface area contributed by atoms with Crippen molar-refractivity contribution in [2.75, 3.05) is 12.4 Å². The average Bonchev–Trinajstić information content (AvgIpc) is 2.61. The number of amidine groups is 1. The van der Waals surface area contributed by atoms with Gasteiger partial charge in [-0.05, 0) is 24.6 Å². The SMILES string of the molecule is C=CCOC(=O)C1=C(C)N=C2SCCC(=O)N2[C@H]1c1ccc(Cl)c(Cl)c1. The Labute approximate surface area is 165 Å². The highest BCUT2D eigenvalue weighted by Gasteiger charge is 2.41. The van der Waals surface area contributed by atoms with Gasteiger partial charge in [0.05, 0.1) is 27.4 Å². The Hall–Kier alpha value is -1.76. The fourth-order valence-corrected chi connectivity index (χ4v) is 4.18. The van der Waals surface area contributed by atoms with Crippen LogP contribution in [0.1, 0.15) is 24.9 Å². The van der Waals surface area contributed by atoms with E-state index < -0.39 is 12.0 Å². The van der Waals surface area contributed by atoms with E-state index in [1.165, 1.54) is 17.8 Å². The van der Waals surface area contributed by atoms with E-state index in [-0.39, 0.29) is 12.5 Å². The maximum absolute atomic E-state index is 12.7. The Bertz CT molecular complexity index is 851. The van der Waals surface area contributed by atoms with Gasteiger partial charge < -0.3 is 4.74 Å². The molecule has 0 aliphatic carbocycles. The first-order valence-electron chi connectivity index (χ1n) is 7.91. The number of aliphatic imine (C=N–C) groups is 1. The van der Waals surface area contributed by atoms with Crippen molar-refractivity contribution in [1.29, 1.82) is 0 Å². The van der Waals surface area contributed by atoms with Crippen molar-refractivity contribution in [1.82, 2.24) is 4.90 Å². The lowest BCUT2D eigenvalue weighted by molar-refractivity contribution is -0.139. The Morgan fingerprint density at radius 2 is 2.23 bits per heavy atom. The van der Waals surface area contributed by atoms with Gasteiger partial charge in [0.25, 0.3) is 0 Å². The minimum atomic E-state index is -0.658. The zero-order chi connectivity index (χ0) is 18.8. The van der Waals surface area contributed by atoms with Crippen molar-refractivity contribution in [2.45, 2.75) is 19.4 Å². The van der Waals surface area contributed by atoms with Gasteiger partial charge in [-0.1, -0.05) is 53.7 Å². The molecule has 1 amide bonds. The summed E-state index contributed by atoms with van der Waals surface area (Å²) in [7, 11) is 0. The van der Waals surface area contributed by atoms with Gasteiger partial charge in [-0.3, -0.25) is 9.69 Å². The molecule has 2 heterocycles. The quantitative estimate of drug-likeness (QED) is 0.545. The number of esters is 1. The molecule has 0 N–H and O–H groups in total. The van der Waals surface area contributed by atoms with Gasteiger partial charge in [-0.15, -0.1) is 0 Å². The number of benzene rings is 1. The van der Waals surface area contributed by atoms with Gasteiger partial charge in [0, 0.05) is 12.2 Å². The van der Waals surface area contributed by atoms with Gasteiger partial charge in [-0.2, -0.15) is 0 Å². The lowest BCUT2D eigenvalue weighted by Crippen LogP contribution is -2.45. The molecule has 0 bridgehead atoms. The number of thioether (sulfide) groups is 1. The lowest BCUT2D eigenvalue weighted by Gasteiger charge is -2.39. The van der Waals surface area contributed by atoms with E-state index in [0.717, 1.165) is 0 Å². The van der Waals surface area contributed by atoms with Crippen LogP contribution in [-0.4, -0.2) is 34.3 Å². The number of hydrogen-bond donors (Lipinski definition) is 0. The summed E-state index contributed by atoms with van der Waals surface area (Å²) in [5.74, 6) is 0.0240. The second-order valence-corrected chi connectivity index (χ2v) is 7.60. The van der Waals surface area contributed by atoms with Crippen LogP contribution in [0.2, 0.25) is 10.0 Å². The second-order valence-electron chi connectivity index (χ2n) is 5.72. The number of rotatable bonds is 4. The molecule has 0 aromatic heterocycles. The molecule has 1 aromatic rings. The Morgan fingerprint density at radius 3 is 2.92 bits per heavy atom. The van der Waals surface area contributed by atoms with Crippen molar-refractivity contribution in [3.63, 3.8) is 0 Å². The predicted molar refractivity (Wildman–Crippen MR) is 104 cm³/mol. The smallest absolute Gasteiger partial charge is 0.338 e. The summed E-state index contributed by atoms with van der Waals surface area (Å²) in [6.07, 6.45) is 1.86. The number of hydrogen-bond acceptors (Lipinski definition) is 5. The van der Waals surface area contributed by atoms with Gasteiger partial charge >= 0.3 is 5.97 Å². The van der Waals surface area contributed by atoms with Crippen LogP contribution >= 0.6 is 35.0 Å². The first-order chi connectivity index (χ1) is 12.4. The van der Waals surface area contributed by atoms with E-state index in [1.54, 1.807) is 30.0 Å². The van der Waals surface area contributed by atoms with E-state index in [1.807, 2.05) is 0 Å². The molecule has 2 aliphatic heterocycles. The normalized spacial score (nSPS) is 19.8. The molecule has 136 valence electrons. The van der Waals surface area contributed by atoms with Crippen LogP contribution in [0.5, 0.6) is 0 Å². The third-order valence-corrected chi connectivity index (χ3v) is 5.71. The number of amides is 1. The number of halogens is 2. The minimum Gasteiger partial charge on any atom is -0.458 e. The molecule has 5 nitrogen and oxygen atoms in total. The number of carbonyl (C=O) groups is 2. The van der Waals surface area contributed by atoms with Crippen LogP contribution in [0, 0.1) is 0 Å². The molecule has 1 saturated heterocycles. The number of nitrogens with zero attached hydrogens (tertiary/aromatic N) is 2. The summed E-state index contributed by atoms with van der Waals surface area (Å²) < 4.78 is 5.23. The zero-order valence-corrected chi connectivity index (χ0v) is 16.3. The predicted octanol–water partition coefficient (Wildman–Crippen LogP) is 4.37. The molecule has 2 aliphatic rings. The van der Waals surface area contributed by atoms with Gasteiger partial charge in [0.15, 0.2) is 5.17 Å². The summed E-state index contributed by atoms with van der Waals surface area (Å²) in [4.78, 5) is 31.3. The number of fused-ring (bicyclic) bond motifs is 1. The molecule has 0 saturated carbocycles. The fourth-order valence-electron chi connectivity index (χ4n) is 2.87. The van der Waals surface area contributed by atoms with Gasteiger partial charge in [0.1, 0.15) is 6.61 Å². The molecular weight excluding hydrogens is 395 g/mol. The minimum absolute atomic E-state index is 0.0724. The highest BCUT2D eigenvalue weighted by molar-refractivity contribution is 8.14. The van der Waals surface area contributed by atoms with Crippen LogP contribution in [0.15, 0.2) is 47.1 Å². The summed E-state index contributed by atoms with van der Waals surface area (Å²) in [6.45, 7) is 5.36. The van der Waals surface area contributed by atoms with Crippen LogP contribution in [0.4, 0.5) is 0 Å². The molecule has 0 spiro atoms. The summed E-state index contributed by atoms with van der Waals surface area (Å²) in [6, 6.07) is 4.41. The largest absolute Gasteiger partial charge is 0.458 e. The molecule has 1 atom stereocenters. The van der Waals surface area contributed by atoms with Crippen LogP contribution in [0.25, 0.3) is 0 Å². The molecule has 3 rings (SSSR count). The Morgan fingerprint density at radius 1 is 1.46 bits per heavy atom. The summed E-state index contributed by atoms with van der Waals surface area (Å²) >= 11 is 13.7. The van der Waals surface area contributed by atoms with Gasteiger partial charge in [0.2, 0.25) is 5.91 Å². The molecule has 1 fully saturated rings. The van der Waals surface area contributed by atoms with Crippen LogP contribution in [-0.2, 0) is 14.3 Å². The van der Waals surface area contributed by atoms with Crippen LogP contribution in [0.3, 0.4) is 0 Å². The zero-order valence-electron chi connectivity index (χ0n) is 14.0. The van der Waals surface area contributed by atoms with E-state index in [4.69, 9.17) is 27.9 Å². The average molecular weight is 411 g/mol. The first kappa shape index (κ1) is 19.0. The van der Waals surface area contributed by atoms with Crippen molar-refractivity contribution < 1.29 is 14.3 Å². The highest BCUT2D eigenvalue weighted by atomic mass is 35.5. The molecule has 1 aromatic carbocycles. The molecule has 0 unspecified atom stereocenters. The summed E-state index contributed by atoms with van der Waals surface area (Å²) in [5.41, 5.74) is 1.50. The topological polar surface area (TPSA) is 59.0 Å². The van der Waals surface area contributed by atoms with Crippen molar-refractivity contribution in [2.24, 2.45) is 4.99 Å². The van der Waals surface area contributed by atoms with Crippen molar-refractivity contribution in [3.8, 4) is 0 Å².